The standard InChI is InChI=1S/C14H22N2O2/c1-4-8-16(12-6-5-7-15-9-12)10-13(17)14(18)11(2)3/h5-7,9,11,13,17H,4,8,10H2,1-3H3. The molecular weight excluding hydrogens is 228 g/mol. The van der Waals surface area contributed by atoms with Crippen molar-refractivity contribution in [1.29, 1.82) is 0 Å². The number of anilines is 1. The third kappa shape index (κ3) is 4.11. The number of carbonyl (C=O) groups excluding carboxylic acids is 1. The summed E-state index contributed by atoms with van der Waals surface area (Å²) >= 11 is 0. The highest BCUT2D eigenvalue weighted by molar-refractivity contribution is 5.85. The van der Waals surface area contributed by atoms with Gasteiger partial charge in [0.05, 0.1) is 18.4 Å². The summed E-state index contributed by atoms with van der Waals surface area (Å²) in [7, 11) is 0. The summed E-state index contributed by atoms with van der Waals surface area (Å²) in [5.74, 6) is -0.252. The van der Waals surface area contributed by atoms with Crippen LogP contribution in [0.25, 0.3) is 0 Å². The second-order valence-electron chi connectivity index (χ2n) is 4.73. The van der Waals surface area contributed by atoms with Gasteiger partial charge in [0.2, 0.25) is 0 Å². The summed E-state index contributed by atoms with van der Waals surface area (Å²) in [5.41, 5.74) is 0.940. The quantitative estimate of drug-likeness (QED) is 0.803. The largest absolute Gasteiger partial charge is 0.383 e. The van der Waals surface area contributed by atoms with Gasteiger partial charge in [-0.25, -0.2) is 0 Å². The summed E-state index contributed by atoms with van der Waals surface area (Å²) in [6.07, 6.45) is 3.49. The second kappa shape index (κ2) is 7.11. The number of aliphatic hydroxyl groups excluding tert-OH is 1. The van der Waals surface area contributed by atoms with Crippen molar-refractivity contribution in [2.24, 2.45) is 5.92 Å². The van der Waals surface area contributed by atoms with Crippen LogP contribution in [0.3, 0.4) is 0 Å². The highest BCUT2D eigenvalue weighted by Gasteiger charge is 2.21. The first-order valence-electron chi connectivity index (χ1n) is 6.43. The smallest absolute Gasteiger partial charge is 0.165 e. The van der Waals surface area contributed by atoms with Gasteiger partial charge in [-0.15, -0.1) is 0 Å². The summed E-state index contributed by atoms with van der Waals surface area (Å²) in [6, 6.07) is 3.80. The molecule has 0 aliphatic heterocycles. The molecule has 0 aromatic carbocycles. The normalized spacial score (nSPS) is 12.5. The van der Waals surface area contributed by atoms with Gasteiger partial charge in [0.25, 0.3) is 0 Å². The Hall–Kier alpha value is -1.42. The van der Waals surface area contributed by atoms with Crippen LogP contribution in [0.5, 0.6) is 0 Å². The fourth-order valence-electron chi connectivity index (χ4n) is 1.82. The summed E-state index contributed by atoms with van der Waals surface area (Å²) in [4.78, 5) is 17.8. The number of nitrogens with zero attached hydrogens (tertiary/aromatic N) is 2. The van der Waals surface area contributed by atoms with Crippen molar-refractivity contribution in [2.75, 3.05) is 18.0 Å². The number of pyridine rings is 1. The molecule has 0 saturated carbocycles. The van der Waals surface area contributed by atoms with Gasteiger partial charge in [0.1, 0.15) is 6.10 Å². The zero-order valence-corrected chi connectivity index (χ0v) is 11.3. The van der Waals surface area contributed by atoms with Crippen LogP contribution in [0.2, 0.25) is 0 Å². The molecule has 1 aromatic heterocycles. The Bertz CT molecular complexity index is 365. The number of hydrogen-bond acceptors (Lipinski definition) is 4. The molecule has 1 aromatic rings. The zero-order chi connectivity index (χ0) is 13.5. The zero-order valence-electron chi connectivity index (χ0n) is 11.3. The fraction of sp³-hybridized carbons (Fsp3) is 0.571. The first-order valence-corrected chi connectivity index (χ1v) is 6.43. The Labute approximate surface area is 109 Å². The molecule has 1 heterocycles. The molecule has 0 radical (unpaired) electrons. The second-order valence-corrected chi connectivity index (χ2v) is 4.73. The highest BCUT2D eigenvalue weighted by Crippen LogP contribution is 2.13. The maximum Gasteiger partial charge on any atom is 0.165 e. The first kappa shape index (κ1) is 14.6. The van der Waals surface area contributed by atoms with Crippen molar-refractivity contribution in [3.8, 4) is 0 Å². The Morgan fingerprint density at radius 2 is 2.22 bits per heavy atom. The number of ketones is 1. The molecule has 0 spiro atoms. The van der Waals surface area contributed by atoms with Gasteiger partial charge < -0.3 is 10.0 Å². The molecule has 18 heavy (non-hydrogen) atoms. The van der Waals surface area contributed by atoms with Crippen molar-refractivity contribution in [3.63, 3.8) is 0 Å². The molecule has 1 unspecified atom stereocenters. The Morgan fingerprint density at radius 1 is 1.50 bits per heavy atom. The number of aliphatic hydroxyl groups is 1. The van der Waals surface area contributed by atoms with Crippen LogP contribution in [0.15, 0.2) is 24.5 Å². The number of aromatic nitrogens is 1. The minimum atomic E-state index is -0.934. The number of Topliss-reactive ketones (excluding diaryl/α,β-unsaturated/α-hetero) is 1. The van der Waals surface area contributed by atoms with Gasteiger partial charge in [0, 0.05) is 18.7 Å². The molecule has 0 amide bonds. The summed E-state index contributed by atoms with van der Waals surface area (Å²) < 4.78 is 0. The summed E-state index contributed by atoms with van der Waals surface area (Å²) in [5, 5.41) is 9.93. The lowest BCUT2D eigenvalue weighted by Crippen LogP contribution is -2.39. The van der Waals surface area contributed by atoms with Gasteiger partial charge in [-0.1, -0.05) is 20.8 Å². The van der Waals surface area contributed by atoms with Gasteiger partial charge in [-0.2, -0.15) is 0 Å². The van der Waals surface area contributed by atoms with Crippen molar-refractivity contribution >= 4 is 11.5 Å². The predicted octanol–water partition coefficient (Wildman–Crippen LogP) is 1.88. The van der Waals surface area contributed by atoms with Crippen LogP contribution < -0.4 is 4.90 Å². The molecule has 0 saturated heterocycles. The third-order valence-electron chi connectivity index (χ3n) is 2.80. The monoisotopic (exact) mass is 250 g/mol. The van der Waals surface area contributed by atoms with Gasteiger partial charge >= 0.3 is 0 Å². The topological polar surface area (TPSA) is 53.4 Å². The Balaban J connectivity index is 2.72. The van der Waals surface area contributed by atoms with Crippen LogP contribution in [0.4, 0.5) is 5.69 Å². The molecule has 0 fully saturated rings. The number of carbonyl (C=O) groups is 1. The molecule has 0 aliphatic rings. The molecular formula is C14H22N2O2. The van der Waals surface area contributed by atoms with Crippen molar-refractivity contribution in [1.82, 2.24) is 4.98 Å². The maximum atomic E-state index is 11.7. The van der Waals surface area contributed by atoms with Crippen LogP contribution >= 0.6 is 0 Å². The van der Waals surface area contributed by atoms with Crippen molar-refractivity contribution in [3.05, 3.63) is 24.5 Å². The Morgan fingerprint density at radius 3 is 2.72 bits per heavy atom. The van der Waals surface area contributed by atoms with E-state index in [0.717, 1.165) is 18.7 Å². The molecule has 4 heteroatoms. The van der Waals surface area contributed by atoms with E-state index in [1.54, 1.807) is 26.2 Å². The molecule has 0 aliphatic carbocycles. The SMILES string of the molecule is CCCN(CC(O)C(=O)C(C)C)c1cccnc1. The van der Waals surface area contributed by atoms with E-state index in [1.165, 1.54) is 0 Å². The fourth-order valence-corrected chi connectivity index (χ4v) is 1.82. The Kier molecular flexibility index (Phi) is 5.78. The lowest BCUT2D eigenvalue weighted by molar-refractivity contribution is -0.129. The minimum absolute atomic E-state index is 0.111. The molecule has 0 bridgehead atoms. The van der Waals surface area contributed by atoms with Crippen LogP contribution in [-0.4, -0.2) is 35.1 Å². The molecule has 100 valence electrons. The van der Waals surface area contributed by atoms with Gasteiger partial charge in [-0.05, 0) is 18.6 Å². The molecule has 1 atom stereocenters. The predicted molar refractivity (Wildman–Crippen MR) is 72.6 cm³/mol. The van der Waals surface area contributed by atoms with E-state index >= 15 is 0 Å². The van der Waals surface area contributed by atoms with Crippen molar-refractivity contribution in [2.45, 2.75) is 33.3 Å². The number of rotatable bonds is 7. The van der Waals surface area contributed by atoms with E-state index in [0.29, 0.717) is 6.54 Å². The third-order valence-corrected chi connectivity index (χ3v) is 2.80. The van der Waals surface area contributed by atoms with E-state index in [2.05, 4.69) is 11.9 Å². The van der Waals surface area contributed by atoms with E-state index in [9.17, 15) is 9.90 Å². The lowest BCUT2D eigenvalue weighted by atomic mass is 10.0. The van der Waals surface area contributed by atoms with E-state index in [1.807, 2.05) is 17.0 Å². The van der Waals surface area contributed by atoms with Crippen molar-refractivity contribution < 1.29 is 9.90 Å². The van der Waals surface area contributed by atoms with E-state index < -0.39 is 6.10 Å². The van der Waals surface area contributed by atoms with Crippen LogP contribution in [-0.2, 0) is 4.79 Å². The first-order chi connectivity index (χ1) is 8.56. The van der Waals surface area contributed by atoms with Gasteiger partial charge in [0.15, 0.2) is 5.78 Å². The highest BCUT2D eigenvalue weighted by atomic mass is 16.3. The van der Waals surface area contributed by atoms with Gasteiger partial charge in [-0.3, -0.25) is 9.78 Å². The molecule has 1 N–H and O–H groups in total. The minimum Gasteiger partial charge on any atom is -0.383 e. The maximum absolute atomic E-state index is 11.7. The summed E-state index contributed by atoms with van der Waals surface area (Å²) in [6.45, 7) is 6.81. The van der Waals surface area contributed by atoms with E-state index in [-0.39, 0.29) is 11.7 Å². The average molecular weight is 250 g/mol. The van der Waals surface area contributed by atoms with Crippen LogP contribution in [0.1, 0.15) is 27.2 Å². The number of hydrogen-bond donors (Lipinski definition) is 1. The average Bonchev–Trinajstić information content (AvgIpc) is 2.38. The molecule has 1 rings (SSSR count). The molecule has 4 nitrogen and oxygen atoms in total. The lowest BCUT2D eigenvalue weighted by Gasteiger charge is -2.26. The van der Waals surface area contributed by atoms with Crippen LogP contribution in [0, 0.1) is 5.92 Å². The van der Waals surface area contributed by atoms with E-state index in [4.69, 9.17) is 0 Å².